The molecule has 0 amide bonds. The van der Waals surface area contributed by atoms with Crippen LogP contribution in [0.25, 0.3) is 0 Å². The molecule has 204 valence electrons. The number of unbranched alkanes of at least 4 members (excludes halogenated alkanes) is 2. The molecular weight excluding hydrogens is 460 g/mol. The molecule has 0 saturated heterocycles. The fourth-order valence-electron chi connectivity index (χ4n) is 4.85. The van der Waals surface area contributed by atoms with Crippen molar-refractivity contribution in [3.63, 3.8) is 0 Å². The Morgan fingerprint density at radius 1 is 0.595 bits per heavy atom. The van der Waals surface area contributed by atoms with Gasteiger partial charge in [-0.15, -0.1) is 0 Å². The van der Waals surface area contributed by atoms with E-state index in [0.29, 0.717) is 17.5 Å². The Morgan fingerprint density at radius 3 is 1.41 bits per heavy atom. The van der Waals surface area contributed by atoms with E-state index in [4.69, 9.17) is 9.47 Å². The molecule has 3 unspecified atom stereocenters. The van der Waals surface area contributed by atoms with Crippen molar-refractivity contribution in [3.05, 3.63) is 70.8 Å². The predicted octanol–water partition coefficient (Wildman–Crippen LogP) is 8.75. The summed E-state index contributed by atoms with van der Waals surface area (Å²) in [6.07, 6.45) is 10.1. The van der Waals surface area contributed by atoms with Crippen LogP contribution in [0.2, 0.25) is 0 Å². The molecule has 0 saturated carbocycles. The highest BCUT2D eigenvalue weighted by Gasteiger charge is 2.33. The molecule has 2 aromatic rings. The molecule has 3 atom stereocenters. The maximum Gasteiger partial charge on any atom is 0.338 e. The molecule has 37 heavy (non-hydrogen) atoms. The Bertz CT molecular complexity index is 916. The largest absolute Gasteiger partial charge is 0.458 e. The van der Waals surface area contributed by atoms with Gasteiger partial charge in [-0.2, -0.15) is 0 Å². The highest BCUT2D eigenvalue weighted by molar-refractivity contribution is 5.90. The first kappa shape index (κ1) is 30.6. The van der Waals surface area contributed by atoms with Crippen molar-refractivity contribution in [1.29, 1.82) is 0 Å². The van der Waals surface area contributed by atoms with Gasteiger partial charge in [-0.25, -0.2) is 9.59 Å². The zero-order chi connectivity index (χ0) is 27.0. The summed E-state index contributed by atoms with van der Waals surface area (Å²) in [6.45, 7) is 10.6. The highest BCUT2D eigenvalue weighted by Crippen LogP contribution is 2.28. The van der Waals surface area contributed by atoms with Crippen molar-refractivity contribution < 1.29 is 19.1 Å². The number of aryl methyl sites for hydroxylation is 2. The van der Waals surface area contributed by atoms with E-state index in [1.54, 1.807) is 0 Å². The van der Waals surface area contributed by atoms with Crippen molar-refractivity contribution in [2.45, 2.75) is 117 Å². The van der Waals surface area contributed by atoms with Crippen LogP contribution in [-0.2, 0) is 22.3 Å². The smallest absolute Gasteiger partial charge is 0.338 e. The van der Waals surface area contributed by atoms with Gasteiger partial charge in [-0.1, -0.05) is 84.6 Å². The van der Waals surface area contributed by atoms with Crippen LogP contribution in [0.4, 0.5) is 0 Å². The normalized spacial score (nSPS) is 13.5. The Kier molecular flexibility index (Phi) is 14.1. The molecule has 2 aromatic carbocycles. The van der Waals surface area contributed by atoms with Gasteiger partial charge in [0, 0.05) is 5.92 Å². The summed E-state index contributed by atoms with van der Waals surface area (Å²) in [5.74, 6) is -0.653. The number of benzene rings is 2. The van der Waals surface area contributed by atoms with Crippen molar-refractivity contribution in [1.82, 2.24) is 0 Å². The van der Waals surface area contributed by atoms with Crippen molar-refractivity contribution in [2.24, 2.45) is 5.92 Å². The Labute approximate surface area is 225 Å². The van der Waals surface area contributed by atoms with Crippen LogP contribution in [0.3, 0.4) is 0 Å². The first-order chi connectivity index (χ1) is 18.0. The number of carbonyl (C=O) groups excluding carboxylic acids is 2. The summed E-state index contributed by atoms with van der Waals surface area (Å²) in [4.78, 5) is 26.1. The Balaban J connectivity index is 2.13. The molecule has 0 heterocycles. The van der Waals surface area contributed by atoms with Crippen molar-refractivity contribution in [2.75, 3.05) is 0 Å². The van der Waals surface area contributed by atoms with Crippen molar-refractivity contribution >= 4 is 11.9 Å². The number of rotatable bonds is 17. The van der Waals surface area contributed by atoms with Gasteiger partial charge in [0.05, 0.1) is 11.1 Å². The summed E-state index contributed by atoms with van der Waals surface area (Å²) in [5.41, 5.74) is 3.62. The molecule has 0 spiro atoms. The lowest BCUT2D eigenvalue weighted by Crippen LogP contribution is -2.38. The van der Waals surface area contributed by atoms with E-state index in [0.717, 1.165) is 64.2 Å². The Morgan fingerprint density at radius 2 is 1.03 bits per heavy atom. The average molecular weight is 509 g/mol. The summed E-state index contributed by atoms with van der Waals surface area (Å²) >= 11 is 0. The molecule has 4 heteroatoms. The van der Waals surface area contributed by atoms with Crippen LogP contribution >= 0.6 is 0 Å². The van der Waals surface area contributed by atoms with Crippen LogP contribution < -0.4 is 0 Å². The SMILES string of the molecule is CCCCc1ccc(C(=O)OC(CC)C(CCC)C(CCC)OC(=O)c2ccc(CCCC)cc2)cc1. The molecule has 0 aliphatic rings. The zero-order valence-electron chi connectivity index (χ0n) is 23.8. The van der Waals surface area contributed by atoms with E-state index in [1.807, 2.05) is 55.5 Å². The molecule has 0 aliphatic heterocycles. The standard InChI is InChI=1S/C33H48O4/c1-6-11-15-25-17-21-27(22-18-25)32(34)36-30(10-5)29(13-8-3)31(14-9-4)37-33(35)28-23-19-26(20-24-28)16-12-7-2/h17-24,29-31H,6-16H2,1-5H3. The fraction of sp³-hybridized carbons (Fsp3) is 0.576. The summed E-state index contributed by atoms with van der Waals surface area (Å²) < 4.78 is 12.2. The van der Waals surface area contributed by atoms with Gasteiger partial charge >= 0.3 is 11.9 Å². The van der Waals surface area contributed by atoms with E-state index < -0.39 is 0 Å². The molecule has 0 bridgehead atoms. The molecule has 2 rings (SSSR count). The summed E-state index contributed by atoms with van der Waals surface area (Å²) in [6, 6.07) is 15.5. The zero-order valence-corrected chi connectivity index (χ0v) is 23.8. The molecule has 4 nitrogen and oxygen atoms in total. The molecule has 0 aliphatic carbocycles. The number of esters is 2. The summed E-state index contributed by atoms with van der Waals surface area (Å²) in [7, 11) is 0. The lowest BCUT2D eigenvalue weighted by molar-refractivity contribution is -0.0392. The quantitative estimate of drug-likeness (QED) is 0.200. The van der Waals surface area contributed by atoms with E-state index in [1.165, 1.54) is 11.1 Å². The lowest BCUT2D eigenvalue weighted by atomic mass is 9.87. The minimum Gasteiger partial charge on any atom is -0.458 e. The van der Waals surface area contributed by atoms with Crippen molar-refractivity contribution in [3.8, 4) is 0 Å². The number of carbonyl (C=O) groups is 2. The van der Waals surface area contributed by atoms with Gasteiger partial charge in [0.25, 0.3) is 0 Å². The second kappa shape index (κ2) is 17.0. The third-order valence-corrected chi connectivity index (χ3v) is 7.09. The average Bonchev–Trinajstić information content (AvgIpc) is 2.92. The second-order valence-electron chi connectivity index (χ2n) is 10.1. The maximum atomic E-state index is 13.1. The molecule has 0 aromatic heterocycles. The third-order valence-electron chi connectivity index (χ3n) is 7.09. The first-order valence-corrected chi connectivity index (χ1v) is 14.6. The molecular formula is C33H48O4. The van der Waals surface area contributed by atoms with Crippen LogP contribution in [0, 0.1) is 5.92 Å². The Hall–Kier alpha value is -2.62. The summed E-state index contributed by atoms with van der Waals surface area (Å²) in [5, 5.41) is 0. The molecule has 0 N–H and O–H groups in total. The number of ether oxygens (including phenoxy) is 2. The molecule has 0 fully saturated rings. The van der Waals surface area contributed by atoms with Gasteiger partial charge in [0.2, 0.25) is 0 Å². The maximum absolute atomic E-state index is 13.1. The minimum atomic E-state index is -0.312. The highest BCUT2D eigenvalue weighted by atomic mass is 16.6. The monoisotopic (exact) mass is 508 g/mol. The van der Waals surface area contributed by atoms with Gasteiger partial charge in [0.1, 0.15) is 12.2 Å². The van der Waals surface area contributed by atoms with Crippen LogP contribution in [0.5, 0.6) is 0 Å². The number of hydrogen-bond acceptors (Lipinski definition) is 4. The minimum absolute atomic E-state index is 0.0458. The topological polar surface area (TPSA) is 52.6 Å². The number of hydrogen-bond donors (Lipinski definition) is 0. The van der Waals surface area contributed by atoms with Gasteiger partial charge in [0.15, 0.2) is 0 Å². The van der Waals surface area contributed by atoms with E-state index in [-0.39, 0.29) is 30.1 Å². The van der Waals surface area contributed by atoms with Gasteiger partial charge < -0.3 is 9.47 Å². The van der Waals surface area contributed by atoms with Gasteiger partial charge in [-0.3, -0.25) is 0 Å². The lowest BCUT2D eigenvalue weighted by Gasteiger charge is -2.32. The van der Waals surface area contributed by atoms with Gasteiger partial charge in [-0.05, 0) is 80.3 Å². The van der Waals surface area contributed by atoms with Crippen LogP contribution in [-0.4, -0.2) is 24.1 Å². The predicted molar refractivity (Wildman–Crippen MR) is 152 cm³/mol. The van der Waals surface area contributed by atoms with E-state index >= 15 is 0 Å². The first-order valence-electron chi connectivity index (χ1n) is 14.6. The van der Waals surface area contributed by atoms with Crippen LogP contribution in [0.1, 0.15) is 124 Å². The molecule has 0 radical (unpaired) electrons. The van der Waals surface area contributed by atoms with E-state index in [2.05, 4.69) is 27.7 Å². The third kappa shape index (κ3) is 9.98. The van der Waals surface area contributed by atoms with E-state index in [9.17, 15) is 9.59 Å². The van der Waals surface area contributed by atoms with Crippen LogP contribution in [0.15, 0.2) is 48.5 Å². The fourth-order valence-corrected chi connectivity index (χ4v) is 4.85. The second-order valence-corrected chi connectivity index (χ2v) is 10.1.